The molecule has 0 radical (unpaired) electrons. The van der Waals surface area contributed by atoms with E-state index in [1.54, 1.807) is 54.6 Å². The summed E-state index contributed by atoms with van der Waals surface area (Å²) in [7, 11) is 0. The van der Waals surface area contributed by atoms with Gasteiger partial charge in [0.2, 0.25) is 0 Å². The van der Waals surface area contributed by atoms with Gasteiger partial charge < -0.3 is 9.47 Å². The number of fused-ring (bicyclic) bond motifs is 1. The SMILES string of the molecule is CCOc1ccc(C(=O)Oc2ccc3ccccc3c2/C=N/NC(=O)c2ccc(Br)cc2)cc1. The quantitative estimate of drug-likeness (QED) is 0.142. The fourth-order valence-corrected chi connectivity index (χ4v) is 3.60. The van der Waals surface area contributed by atoms with Crippen LogP contribution in [0.25, 0.3) is 10.8 Å². The number of amides is 1. The molecule has 0 spiro atoms. The molecule has 0 saturated heterocycles. The van der Waals surface area contributed by atoms with E-state index in [1.807, 2.05) is 37.3 Å². The molecule has 1 N–H and O–H groups in total. The average Bonchev–Trinajstić information content (AvgIpc) is 2.86. The van der Waals surface area contributed by atoms with Gasteiger partial charge in [-0.2, -0.15) is 5.10 Å². The minimum atomic E-state index is -0.508. The van der Waals surface area contributed by atoms with Crippen molar-refractivity contribution in [2.24, 2.45) is 5.10 Å². The molecular formula is C27H21BrN2O4. The van der Waals surface area contributed by atoms with Crippen molar-refractivity contribution in [2.45, 2.75) is 6.92 Å². The third-order valence-corrected chi connectivity index (χ3v) is 5.53. The fraction of sp³-hybridized carbons (Fsp3) is 0.0741. The molecule has 4 aromatic rings. The molecule has 0 saturated carbocycles. The average molecular weight is 517 g/mol. The Hall–Kier alpha value is -3.97. The van der Waals surface area contributed by atoms with Gasteiger partial charge in [0.1, 0.15) is 11.5 Å². The standard InChI is InChI=1S/C27H21BrN2O4/c1-2-33-22-14-9-20(10-15-22)27(32)34-25-16-11-18-5-3-4-6-23(18)24(25)17-29-30-26(31)19-7-12-21(28)13-8-19/h3-17H,2H2,1H3,(H,30,31)/b29-17+. The molecule has 0 aliphatic heterocycles. The number of ether oxygens (including phenoxy) is 2. The minimum absolute atomic E-state index is 0.333. The molecule has 6 nitrogen and oxygen atoms in total. The second-order valence-electron chi connectivity index (χ2n) is 7.25. The number of benzene rings is 4. The van der Waals surface area contributed by atoms with Crippen molar-refractivity contribution in [3.63, 3.8) is 0 Å². The second kappa shape index (κ2) is 10.8. The number of hydrazone groups is 1. The van der Waals surface area contributed by atoms with Crippen molar-refractivity contribution >= 4 is 44.8 Å². The summed E-state index contributed by atoms with van der Waals surface area (Å²) in [5.41, 5.74) is 3.96. The van der Waals surface area contributed by atoms with Gasteiger partial charge in [0.25, 0.3) is 5.91 Å². The lowest BCUT2D eigenvalue weighted by molar-refractivity contribution is 0.0734. The van der Waals surface area contributed by atoms with Gasteiger partial charge in [-0.15, -0.1) is 0 Å². The van der Waals surface area contributed by atoms with E-state index in [-0.39, 0.29) is 5.91 Å². The molecule has 0 bridgehead atoms. The van der Waals surface area contributed by atoms with E-state index in [9.17, 15) is 9.59 Å². The maximum absolute atomic E-state index is 12.8. The third-order valence-electron chi connectivity index (χ3n) is 5.00. The van der Waals surface area contributed by atoms with E-state index < -0.39 is 5.97 Å². The first kappa shape index (κ1) is 23.2. The van der Waals surface area contributed by atoms with Crippen LogP contribution in [0.2, 0.25) is 0 Å². The highest BCUT2D eigenvalue weighted by atomic mass is 79.9. The molecular weight excluding hydrogens is 496 g/mol. The summed E-state index contributed by atoms with van der Waals surface area (Å²) in [6, 6.07) is 24.9. The van der Waals surface area contributed by atoms with Crippen molar-refractivity contribution in [3.8, 4) is 11.5 Å². The molecule has 0 aliphatic rings. The van der Waals surface area contributed by atoms with Crippen LogP contribution in [-0.4, -0.2) is 24.7 Å². The highest BCUT2D eigenvalue weighted by molar-refractivity contribution is 9.10. The van der Waals surface area contributed by atoms with Gasteiger partial charge in [0, 0.05) is 15.6 Å². The van der Waals surface area contributed by atoms with E-state index in [0.29, 0.717) is 34.8 Å². The van der Waals surface area contributed by atoms with Crippen LogP contribution in [-0.2, 0) is 0 Å². The number of halogens is 1. The van der Waals surface area contributed by atoms with Crippen molar-refractivity contribution in [1.29, 1.82) is 0 Å². The van der Waals surface area contributed by atoms with Crippen LogP contribution in [0.3, 0.4) is 0 Å². The summed E-state index contributed by atoms with van der Waals surface area (Å²) in [5, 5.41) is 5.90. The molecule has 0 aliphatic carbocycles. The van der Waals surface area contributed by atoms with Crippen LogP contribution >= 0.6 is 15.9 Å². The van der Waals surface area contributed by atoms with Crippen molar-refractivity contribution < 1.29 is 19.1 Å². The van der Waals surface area contributed by atoms with Crippen LogP contribution in [0, 0.1) is 0 Å². The maximum Gasteiger partial charge on any atom is 0.343 e. The van der Waals surface area contributed by atoms with Gasteiger partial charge in [-0.3, -0.25) is 4.79 Å². The summed E-state index contributed by atoms with van der Waals surface area (Å²) in [6.07, 6.45) is 1.49. The smallest absolute Gasteiger partial charge is 0.343 e. The largest absolute Gasteiger partial charge is 0.494 e. The molecule has 0 unspecified atom stereocenters. The minimum Gasteiger partial charge on any atom is -0.494 e. The van der Waals surface area contributed by atoms with E-state index in [0.717, 1.165) is 15.2 Å². The van der Waals surface area contributed by atoms with E-state index in [2.05, 4.69) is 26.5 Å². The zero-order chi connectivity index (χ0) is 23.9. The molecule has 0 atom stereocenters. The molecule has 0 fully saturated rings. The molecule has 4 rings (SSSR count). The Labute approximate surface area is 205 Å². The lowest BCUT2D eigenvalue weighted by Crippen LogP contribution is -2.17. The lowest BCUT2D eigenvalue weighted by Gasteiger charge is -2.11. The lowest BCUT2D eigenvalue weighted by atomic mass is 10.0. The molecule has 0 heterocycles. The Bertz CT molecular complexity index is 1350. The van der Waals surface area contributed by atoms with E-state index >= 15 is 0 Å². The Morgan fingerprint density at radius 3 is 2.35 bits per heavy atom. The topological polar surface area (TPSA) is 77.0 Å². The highest BCUT2D eigenvalue weighted by Crippen LogP contribution is 2.27. The normalized spacial score (nSPS) is 10.9. The van der Waals surface area contributed by atoms with Gasteiger partial charge in [-0.1, -0.05) is 46.3 Å². The summed E-state index contributed by atoms with van der Waals surface area (Å²) < 4.78 is 12.0. The molecule has 34 heavy (non-hydrogen) atoms. The number of hydrogen-bond donors (Lipinski definition) is 1. The number of nitrogens with zero attached hydrogens (tertiary/aromatic N) is 1. The van der Waals surface area contributed by atoms with Gasteiger partial charge in [0.05, 0.1) is 18.4 Å². The van der Waals surface area contributed by atoms with Gasteiger partial charge >= 0.3 is 5.97 Å². The van der Waals surface area contributed by atoms with Gasteiger partial charge in [-0.25, -0.2) is 10.2 Å². The van der Waals surface area contributed by atoms with Crippen LogP contribution in [0.1, 0.15) is 33.2 Å². The fourth-order valence-electron chi connectivity index (χ4n) is 3.33. The molecule has 4 aromatic carbocycles. The van der Waals surface area contributed by atoms with Crippen molar-refractivity contribution in [2.75, 3.05) is 6.61 Å². The van der Waals surface area contributed by atoms with Gasteiger partial charge in [-0.05, 0) is 72.3 Å². The summed E-state index contributed by atoms with van der Waals surface area (Å²) in [4.78, 5) is 25.2. The zero-order valence-corrected chi connectivity index (χ0v) is 19.9. The third kappa shape index (κ3) is 5.50. The number of hydrogen-bond acceptors (Lipinski definition) is 5. The number of nitrogens with one attached hydrogen (secondary N) is 1. The Morgan fingerprint density at radius 2 is 1.62 bits per heavy atom. The molecule has 170 valence electrons. The predicted molar refractivity (Wildman–Crippen MR) is 136 cm³/mol. The second-order valence-corrected chi connectivity index (χ2v) is 8.17. The zero-order valence-electron chi connectivity index (χ0n) is 18.3. The number of carbonyl (C=O) groups excluding carboxylic acids is 2. The monoisotopic (exact) mass is 516 g/mol. The van der Waals surface area contributed by atoms with Crippen molar-refractivity contribution in [3.05, 3.63) is 106 Å². The Balaban J connectivity index is 1.58. The van der Waals surface area contributed by atoms with E-state index in [1.165, 1.54) is 6.21 Å². The molecule has 0 aromatic heterocycles. The first-order valence-electron chi connectivity index (χ1n) is 10.6. The predicted octanol–water partition coefficient (Wildman–Crippen LogP) is 5.98. The van der Waals surface area contributed by atoms with Crippen LogP contribution in [0.4, 0.5) is 0 Å². The number of rotatable bonds is 7. The van der Waals surface area contributed by atoms with Crippen LogP contribution in [0.15, 0.2) is 94.5 Å². The number of esters is 1. The maximum atomic E-state index is 12.8. The summed E-state index contributed by atoms with van der Waals surface area (Å²) >= 11 is 3.35. The van der Waals surface area contributed by atoms with Gasteiger partial charge in [0.15, 0.2) is 0 Å². The van der Waals surface area contributed by atoms with Crippen LogP contribution in [0.5, 0.6) is 11.5 Å². The molecule has 1 amide bonds. The van der Waals surface area contributed by atoms with E-state index in [4.69, 9.17) is 9.47 Å². The first-order chi connectivity index (χ1) is 16.5. The van der Waals surface area contributed by atoms with Crippen LogP contribution < -0.4 is 14.9 Å². The molecule has 7 heteroatoms. The first-order valence-corrected chi connectivity index (χ1v) is 11.4. The Kier molecular flexibility index (Phi) is 7.34. The van der Waals surface area contributed by atoms with Crippen molar-refractivity contribution in [1.82, 2.24) is 5.43 Å². The number of carbonyl (C=O) groups is 2. The summed E-state index contributed by atoms with van der Waals surface area (Å²) in [5.74, 6) is 0.155. The Morgan fingerprint density at radius 1 is 0.912 bits per heavy atom. The highest BCUT2D eigenvalue weighted by Gasteiger charge is 2.14. The summed E-state index contributed by atoms with van der Waals surface area (Å²) in [6.45, 7) is 2.44.